The Balaban J connectivity index is 0.00000162. The third-order valence-corrected chi connectivity index (χ3v) is 4.75. The van der Waals surface area contributed by atoms with Crippen LogP contribution >= 0.6 is 12.4 Å². The van der Waals surface area contributed by atoms with Crippen LogP contribution in [0.2, 0.25) is 0 Å². The molecule has 0 spiro atoms. The first-order chi connectivity index (χ1) is 8.02. The van der Waals surface area contributed by atoms with E-state index in [1.54, 1.807) is 0 Å². The Morgan fingerprint density at radius 2 is 1.67 bits per heavy atom. The number of carbonyl (C=O) groups excluding carboxylic acids is 1. The van der Waals surface area contributed by atoms with Crippen LogP contribution in [0.4, 0.5) is 0 Å². The van der Waals surface area contributed by atoms with Crippen molar-refractivity contribution in [2.75, 3.05) is 13.7 Å². The lowest BCUT2D eigenvalue weighted by atomic mass is 9.57. The van der Waals surface area contributed by atoms with Crippen LogP contribution in [0, 0.1) is 11.3 Å². The molecule has 0 radical (unpaired) electrons. The number of hydrogen-bond donors (Lipinski definition) is 1. The molecule has 4 heteroatoms. The summed E-state index contributed by atoms with van der Waals surface area (Å²) in [6.07, 6.45) is 6.42. The maximum atomic E-state index is 11.9. The van der Waals surface area contributed by atoms with Gasteiger partial charge in [-0.1, -0.05) is 13.8 Å². The number of carbonyl (C=O) groups is 1. The predicted octanol–water partition coefficient (Wildman–Crippen LogP) is 2.92. The molecule has 3 aliphatic carbocycles. The van der Waals surface area contributed by atoms with Crippen molar-refractivity contribution in [2.24, 2.45) is 11.3 Å². The van der Waals surface area contributed by atoms with E-state index < -0.39 is 0 Å². The van der Waals surface area contributed by atoms with Gasteiger partial charge in [0.1, 0.15) is 0 Å². The van der Waals surface area contributed by atoms with E-state index in [2.05, 4.69) is 19.2 Å². The van der Waals surface area contributed by atoms with Crippen LogP contribution in [0.5, 0.6) is 0 Å². The number of methoxy groups -OCH3 is 1. The zero-order valence-electron chi connectivity index (χ0n) is 11.8. The summed E-state index contributed by atoms with van der Waals surface area (Å²) in [5.74, 6) is 0.716. The van der Waals surface area contributed by atoms with Gasteiger partial charge in [-0.2, -0.15) is 0 Å². The van der Waals surface area contributed by atoms with Crippen LogP contribution in [-0.4, -0.2) is 25.2 Å². The van der Waals surface area contributed by atoms with E-state index >= 15 is 0 Å². The summed E-state index contributed by atoms with van der Waals surface area (Å²) in [6, 6.07) is 0. The number of rotatable bonds is 4. The first-order valence-corrected chi connectivity index (χ1v) is 6.85. The van der Waals surface area contributed by atoms with Crippen molar-refractivity contribution in [3.8, 4) is 0 Å². The second kappa shape index (κ2) is 5.79. The zero-order chi connectivity index (χ0) is 12.5. The highest BCUT2D eigenvalue weighted by atomic mass is 35.5. The van der Waals surface area contributed by atoms with Crippen molar-refractivity contribution >= 4 is 18.4 Å². The van der Waals surface area contributed by atoms with Crippen LogP contribution in [-0.2, 0) is 9.53 Å². The monoisotopic (exact) mass is 275 g/mol. The number of fused-ring (bicyclic) bond motifs is 3. The summed E-state index contributed by atoms with van der Waals surface area (Å²) in [5.41, 5.74) is 0.177. The summed E-state index contributed by atoms with van der Waals surface area (Å²) in [4.78, 5) is 11.9. The number of esters is 1. The van der Waals surface area contributed by atoms with Crippen LogP contribution in [0.3, 0.4) is 0 Å². The maximum Gasteiger partial charge on any atom is 0.311 e. The highest BCUT2D eigenvalue weighted by molar-refractivity contribution is 5.85. The Bertz CT molecular complexity index is 280. The molecule has 0 aromatic carbocycles. The second-order valence-corrected chi connectivity index (χ2v) is 6.33. The van der Waals surface area contributed by atoms with E-state index in [0.717, 1.165) is 45.1 Å². The molecule has 106 valence electrons. The maximum absolute atomic E-state index is 11.9. The highest BCUT2D eigenvalue weighted by Crippen LogP contribution is 2.52. The Labute approximate surface area is 116 Å². The first kappa shape index (κ1) is 15.8. The van der Waals surface area contributed by atoms with E-state index in [1.807, 2.05) is 0 Å². The van der Waals surface area contributed by atoms with Crippen molar-refractivity contribution in [3.63, 3.8) is 0 Å². The Kier molecular flexibility index (Phi) is 5.07. The molecule has 3 nitrogen and oxygen atoms in total. The molecule has 0 aromatic heterocycles. The molecule has 18 heavy (non-hydrogen) atoms. The molecule has 3 saturated carbocycles. The smallest absolute Gasteiger partial charge is 0.311 e. The van der Waals surface area contributed by atoms with Crippen molar-refractivity contribution in [3.05, 3.63) is 0 Å². The number of hydrogen-bond acceptors (Lipinski definition) is 3. The fourth-order valence-corrected chi connectivity index (χ4v) is 3.39. The molecule has 0 aromatic rings. The summed E-state index contributed by atoms with van der Waals surface area (Å²) >= 11 is 0. The molecular weight excluding hydrogens is 250 g/mol. The van der Waals surface area contributed by atoms with E-state index in [0.29, 0.717) is 11.5 Å². The van der Waals surface area contributed by atoms with Gasteiger partial charge >= 0.3 is 5.97 Å². The Morgan fingerprint density at radius 1 is 1.17 bits per heavy atom. The molecule has 3 rings (SSSR count). The normalized spacial score (nSPS) is 34.2. The van der Waals surface area contributed by atoms with E-state index in [1.165, 1.54) is 7.11 Å². The summed E-state index contributed by atoms with van der Waals surface area (Å²) < 4.78 is 4.98. The lowest BCUT2D eigenvalue weighted by molar-refractivity contribution is -0.160. The minimum Gasteiger partial charge on any atom is -0.469 e. The van der Waals surface area contributed by atoms with Gasteiger partial charge in [0, 0.05) is 5.54 Å². The summed E-state index contributed by atoms with van der Waals surface area (Å²) in [7, 11) is 1.52. The van der Waals surface area contributed by atoms with Crippen LogP contribution < -0.4 is 5.32 Å². The molecule has 1 N–H and O–H groups in total. The number of halogens is 1. The average Bonchev–Trinajstić information content (AvgIpc) is 2.38. The highest BCUT2D eigenvalue weighted by Gasteiger charge is 2.52. The van der Waals surface area contributed by atoms with Crippen molar-refractivity contribution in [1.82, 2.24) is 5.32 Å². The third kappa shape index (κ3) is 2.83. The van der Waals surface area contributed by atoms with Gasteiger partial charge < -0.3 is 10.1 Å². The zero-order valence-corrected chi connectivity index (χ0v) is 12.6. The number of nitrogens with one attached hydrogen (secondary N) is 1. The molecule has 0 heterocycles. The van der Waals surface area contributed by atoms with Gasteiger partial charge in [0.2, 0.25) is 0 Å². The van der Waals surface area contributed by atoms with E-state index in [4.69, 9.17) is 4.74 Å². The summed E-state index contributed by atoms with van der Waals surface area (Å²) in [5, 5.41) is 3.74. The van der Waals surface area contributed by atoms with Gasteiger partial charge in [-0.3, -0.25) is 4.79 Å². The number of ether oxygens (including phenoxy) is 1. The molecule has 0 unspecified atom stereocenters. The fraction of sp³-hybridized carbons (Fsp3) is 0.929. The Morgan fingerprint density at radius 3 is 2.06 bits per heavy atom. The fourth-order valence-electron chi connectivity index (χ4n) is 3.39. The van der Waals surface area contributed by atoms with Crippen LogP contribution in [0.15, 0.2) is 0 Å². The molecule has 0 saturated heterocycles. The molecule has 0 aliphatic heterocycles. The lowest BCUT2D eigenvalue weighted by Crippen LogP contribution is -2.57. The minimum absolute atomic E-state index is 0. The van der Waals surface area contributed by atoms with Gasteiger partial charge in [0.25, 0.3) is 0 Å². The van der Waals surface area contributed by atoms with Gasteiger partial charge in [-0.05, 0) is 51.0 Å². The third-order valence-electron chi connectivity index (χ3n) is 4.75. The minimum atomic E-state index is -0.143. The van der Waals surface area contributed by atoms with Gasteiger partial charge in [-0.15, -0.1) is 12.4 Å². The standard InChI is InChI=1S/C14H25NO2.ClH/c1-11(2)10-15-14-7-4-13(5-8-14,6-9-14)12(16)17-3;/h11,15H,4-10H2,1-3H3;1H. The first-order valence-electron chi connectivity index (χ1n) is 6.85. The van der Waals surface area contributed by atoms with Crippen molar-refractivity contribution in [2.45, 2.75) is 57.9 Å². The SMILES string of the molecule is COC(=O)C12CCC(NCC(C)C)(CC1)CC2.Cl. The van der Waals surface area contributed by atoms with Gasteiger partial charge in [-0.25, -0.2) is 0 Å². The van der Waals surface area contributed by atoms with E-state index in [-0.39, 0.29) is 23.8 Å². The lowest BCUT2D eigenvalue weighted by Gasteiger charge is -2.52. The van der Waals surface area contributed by atoms with E-state index in [9.17, 15) is 4.79 Å². The van der Waals surface area contributed by atoms with Crippen LogP contribution in [0.25, 0.3) is 0 Å². The second-order valence-electron chi connectivity index (χ2n) is 6.33. The van der Waals surface area contributed by atoms with Crippen LogP contribution in [0.1, 0.15) is 52.4 Å². The van der Waals surface area contributed by atoms with Gasteiger partial charge in [0.15, 0.2) is 0 Å². The Hall–Kier alpha value is -0.280. The van der Waals surface area contributed by atoms with Gasteiger partial charge in [0.05, 0.1) is 12.5 Å². The molecular formula is C14H26ClNO2. The average molecular weight is 276 g/mol. The predicted molar refractivity (Wildman–Crippen MR) is 75.0 cm³/mol. The largest absolute Gasteiger partial charge is 0.469 e. The molecule has 3 aliphatic rings. The molecule has 2 bridgehead atoms. The summed E-state index contributed by atoms with van der Waals surface area (Å²) in [6.45, 7) is 5.58. The molecule has 0 atom stereocenters. The van der Waals surface area contributed by atoms with Crippen molar-refractivity contribution < 1.29 is 9.53 Å². The topological polar surface area (TPSA) is 38.3 Å². The molecule has 3 fully saturated rings. The molecule has 0 amide bonds. The van der Waals surface area contributed by atoms with Crippen molar-refractivity contribution in [1.29, 1.82) is 0 Å². The quantitative estimate of drug-likeness (QED) is 0.802.